The highest BCUT2D eigenvalue weighted by atomic mass is 79.9. The molecule has 0 radical (unpaired) electrons. The highest BCUT2D eigenvalue weighted by Crippen LogP contribution is 2.28. The second-order valence-electron chi connectivity index (χ2n) is 6.41. The molecule has 0 aliphatic rings. The van der Waals surface area contributed by atoms with Crippen LogP contribution in [0.25, 0.3) is 0 Å². The van der Waals surface area contributed by atoms with Crippen molar-refractivity contribution in [3.8, 4) is 11.5 Å². The molecule has 1 N–H and O–H groups in total. The summed E-state index contributed by atoms with van der Waals surface area (Å²) in [5, 5.41) is 3.28. The van der Waals surface area contributed by atoms with Gasteiger partial charge in [-0.15, -0.1) is 0 Å². The third kappa shape index (κ3) is 5.74. The van der Waals surface area contributed by atoms with E-state index in [0.717, 1.165) is 21.5 Å². The van der Waals surface area contributed by atoms with Crippen LogP contribution in [0, 0.1) is 6.92 Å². The zero-order chi connectivity index (χ0) is 20.9. The molecular weight excluding hydrogens is 454 g/mol. The van der Waals surface area contributed by atoms with E-state index in [2.05, 4.69) is 21.2 Å². The topological polar surface area (TPSA) is 64.6 Å². The van der Waals surface area contributed by atoms with Crippen LogP contribution in [-0.2, 0) is 16.7 Å². The Morgan fingerprint density at radius 2 is 1.66 bits per heavy atom. The van der Waals surface area contributed by atoms with Gasteiger partial charge in [-0.05, 0) is 68.4 Å². The number of rotatable bonds is 8. The van der Waals surface area contributed by atoms with Gasteiger partial charge in [0.2, 0.25) is 0 Å². The lowest BCUT2D eigenvalue weighted by Crippen LogP contribution is -2.12. The van der Waals surface area contributed by atoms with Crippen LogP contribution in [0.5, 0.6) is 11.5 Å². The van der Waals surface area contributed by atoms with E-state index in [1.54, 1.807) is 36.4 Å². The summed E-state index contributed by atoms with van der Waals surface area (Å²) >= 11 is 3.43. The summed E-state index contributed by atoms with van der Waals surface area (Å²) in [5.41, 5.74) is 2.58. The molecule has 29 heavy (non-hydrogen) atoms. The zero-order valence-electron chi connectivity index (χ0n) is 16.2. The van der Waals surface area contributed by atoms with Crippen molar-refractivity contribution in [3.05, 3.63) is 82.3 Å². The fourth-order valence-electron chi connectivity index (χ4n) is 2.67. The Labute approximate surface area is 179 Å². The summed E-state index contributed by atoms with van der Waals surface area (Å²) in [6.45, 7) is 4.84. The lowest BCUT2D eigenvalue weighted by atomic mass is 10.2. The Morgan fingerprint density at radius 3 is 2.31 bits per heavy atom. The Balaban J connectivity index is 1.77. The third-order valence-corrected chi connectivity index (χ3v) is 5.92. The van der Waals surface area contributed by atoms with E-state index in [9.17, 15) is 8.42 Å². The van der Waals surface area contributed by atoms with E-state index in [1.165, 1.54) is 0 Å². The van der Waals surface area contributed by atoms with Crippen molar-refractivity contribution in [2.45, 2.75) is 25.3 Å². The molecule has 0 aromatic heterocycles. The lowest BCUT2D eigenvalue weighted by molar-refractivity contribution is 0.340. The average Bonchev–Trinajstić information content (AvgIpc) is 2.70. The molecule has 0 heterocycles. The molecular formula is C22H22BrNO4S. The number of halogens is 1. The first kappa shape index (κ1) is 21.2. The van der Waals surface area contributed by atoms with E-state index < -0.39 is 10.1 Å². The van der Waals surface area contributed by atoms with Crippen molar-refractivity contribution >= 4 is 31.7 Å². The first-order chi connectivity index (χ1) is 13.9. The summed E-state index contributed by atoms with van der Waals surface area (Å²) in [6, 6.07) is 19.4. The van der Waals surface area contributed by atoms with Gasteiger partial charge in [0.15, 0.2) is 0 Å². The van der Waals surface area contributed by atoms with Crippen molar-refractivity contribution in [1.82, 2.24) is 0 Å². The molecule has 0 saturated heterocycles. The molecule has 0 atom stereocenters. The second kappa shape index (κ2) is 9.33. The van der Waals surface area contributed by atoms with Crippen molar-refractivity contribution in [3.63, 3.8) is 0 Å². The second-order valence-corrected chi connectivity index (χ2v) is 8.88. The fourth-order valence-corrected chi connectivity index (χ4v) is 4.04. The fraction of sp³-hybridized carbons (Fsp3) is 0.182. The maximum Gasteiger partial charge on any atom is 0.339 e. The van der Waals surface area contributed by atoms with Crippen molar-refractivity contribution in [2.75, 3.05) is 11.9 Å². The van der Waals surface area contributed by atoms with E-state index >= 15 is 0 Å². The van der Waals surface area contributed by atoms with Crippen LogP contribution in [0.15, 0.2) is 76.1 Å². The smallest absolute Gasteiger partial charge is 0.339 e. The molecule has 3 rings (SSSR count). The number of hydrogen-bond acceptors (Lipinski definition) is 5. The molecule has 0 unspecified atom stereocenters. The van der Waals surface area contributed by atoms with Gasteiger partial charge < -0.3 is 14.2 Å². The SMILES string of the molecule is CCOc1ccc(NCc2cc(Br)ccc2OS(=O)(=O)c2ccc(C)cc2)cc1. The predicted molar refractivity (Wildman–Crippen MR) is 118 cm³/mol. The van der Waals surface area contributed by atoms with Crippen LogP contribution in [0.4, 0.5) is 5.69 Å². The normalized spacial score (nSPS) is 11.1. The third-order valence-electron chi connectivity index (χ3n) is 4.18. The van der Waals surface area contributed by atoms with E-state index in [0.29, 0.717) is 18.7 Å². The predicted octanol–water partition coefficient (Wildman–Crippen LogP) is 5.54. The molecule has 0 aliphatic carbocycles. The Morgan fingerprint density at radius 1 is 0.966 bits per heavy atom. The quantitative estimate of drug-likeness (QED) is 0.433. The summed E-state index contributed by atoms with van der Waals surface area (Å²) in [6.07, 6.45) is 0. The van der Waals surface area contributed by atoms with Crippen LogP contribution < -0.4 is 14.2 Å². The molecule has 0 spiro atoms. The van der Waals surface area contributed by atoms with Crippen molar-refractivity contribution in [2.24, 2.45) is 0 Å². The maximum atomic E-state index is 12.7. The molecule has 0 aliphatic heterocycles. The van der Waals surface area contributed by atoms with Crippen LogP contribution >= 0.6 is 15.9 Å². The first-order valence-corrected chi connectivity index (χ1v) is 11.3. The van der Waals surface area contributed by atoms with Gasteiger partial charge in [0.1, 0.15) is 16.4 Å². The van der Waals surface area contributed by atoms with Gasteiger partial charge in [0, 0.05) is 22.3 Å². The molecule has 0 amide bonds. The van der Waals surface area contributed by atoms with Crippen LogP contribution in [0.2, 0.25) is 0 Å². The molecule has 0 saturated carbocycles. The minimum absolute atomic E-state index is 0.122. The number of benzene rings is 3. The molecule has 3 aromatic carbocycles. The summed E-state index contributed by atoms with van der Waals surface area (Å²) < 4.78 is 37.0. The molecule has 152 valence electrons. The van der Waals surface area contributed by atoms with Gasteiger partial charge in [-0.25, -0.2) is 0 Å². The molecule has 5 nitrogen and oxygen atoms in total. The van der Waals surface area contributed by atoms with Gasteiger partial charge in [0.05, 0.1) is 6.61 Å². The summed E-state index contributed by atoms with van der Waals surface area (Å²) in [5.74, 6) is 1.08. The Hall–Kier alpha value is -2.51. The highest BCUT2D eigenvalue weighted by molar-refractivity contribution is 9.10. The van der Waals surface area contributed by atoms with Crippen molar-refractivity contribution in [1.29, 1.82) is 0 Å². The van der Waals surface area contributed by atoms with E-state index in [4.69, 9.17) is 8.92 Å². The molecule has 3 aromatic rings. The monoisotopic (exact) mass is 475 g/mol. The number of ether oxygens (including phenoxy) is 1. The number of aryl methyl sites for hydroxylation is 1. The number of hydrogen-bond donors (Lipinski definition) is 1. The minimum atomic E-state index is -3.92. The van der Waals surface area contributed by atoms with E-state index in [-0.39, 0.29) is 10.6 Å². The van der Waals surface area contributed by atoms with Crippen LogP contribution in [0.1, 0.15) is 18.1 Å². The largest absolute Gasteiger partial charge is 0.494 e. The van der Waals surface area contributed by atoms with Gasteiger partial charge >= 0.3 is 10.1 Å². The summed E-state index contributed by atoms with van der Waals surface area (Å²) in [4.78, 5) is 0.122. The Kier molecular flexibility index (Phi) is 6.82. The standard InChI is InChI=1S/C22H22BrNO4S/c1-3-27-20-9-7-19(8-10-20)24-15-17-14-18(23)6-13-22(17)28-29(25,26)21-11-4-16(2)5-12-21/h4-14,24H,3,15H2,1-2H3. The maximum absolute atomic E-state index is 12.7. The zero-order valence-corrected chi connectivity index (χ0v) is 18.6. The van der Waals surface area contributed by atoms with Gasteiger partial charge in [-0.1, -0.05) is 33.6 Å². The lowest BCUT2D eigenvalue weighted by Gasteiger charge is -2.14. The van der Waals surface area contributed by atoms with Gasteiger partial charge in [0.25, 0.3) is 0 Å². The molecule has 7 heteroatoms. The highest BCUT2D eigenvalue weighted by Gasteiger charge is 2.18. The minimum Gasteiger partial charge on any atom is -0.494 e. The van der Waals surface area contributed by atoms with Crippen molar-refractivity contribution < 1.29 is 17.3 Å². The van der Waals surface area contributed by atoms with Crippen LogP contribution in [0.3, 0.4) is 0 Å². The van der Waals surface area contributed by atoms with Crippen LogP contribution in [-0.4, -0.2) is 15.0 Å². The summed E-state index contributed by atoms with van der Waals surface area (Å²) in [7, 11) is -3.92. The molecule has 0 fully saturated rings. The number of anilines is 1. The van der Waals surface area contributed by atoms with Gasteiger partial charge in [-0.3, -0.25) is 0 Å². The number of nitrogens with one attached hydrogen (secondary N) is 1. The van der Waals surface area contributed by atoms with Gasteiger partial charge in [-0.2, -0.15) is 8.42 Å². The van der Waals surface area contributed by atoms with E-state index in [1.807, 2.05) is 44.2 Å². The first-order valence-electron chi connectivity index (χ1n) is 9.14. The Bertz CT molecular complexity index is 1060. The molecule has 0 bridgehead atoms. The average molecular weight is 476 g/mol.